The molecule has 1 fully saturated rings. The molecular formula is C20H39IN6O. The van der Waals surface area contributed by atoms with Gasteiger partial charge >= 0.3 is 0 Å². The van der Waals surface area contributed by atoms with Gasteiger partial charge < -0.3 is 15.4 Å². The van der Waals surface area contributed by atoms with Crippen LogP contribution in [0.1, 0.15) is 45.0 Å². The lowest BCUT2D eigenvalue weighted by Gasteiger charge is -2.35. The molecule has 2 rings (SSSR count). The Labute approximate surface area is 187 Å². The van der Waals surface area contributed by atoms with Crippen molar-refractivity contribution in [2.24, 2.45) is 4.99 Å². The Morgan fingerprint density at radius 1 is 1.18 bits per heavy atom. The topological polar surface area (TPSA) is 66.7 Å². The van der Waals surface area contributed by atoms with Crippen molar-refractivity contribution in [2.75, 3.05) is 39.3 Å². The van der Waals surface area contributed by atoms with E-state index in [0.717, 1.165) is 70.3 Å². The summed E-state index contributed by atoms with van der Waals surface area (Å²) < 4.78 is 7.86. The van der Waals surface area contributed by atoms with Crippen molar-refractivity contribution in [2.45, 2.75) is 66.2 Å². The molecule has 0 bridgehead atoms. The Kier molecular flexibility index (Phi) is 12.0. The standard InChI is InChI=1S/C20H38N6O.HI/c1-6-21-20(23-10-8-12-26-17(3)13-16(2)24-26)22-9-7-11-25-14-18(4)27-19(5)15-25;/h13,18-19H,6-12,14-15H2,1-5H3,(H2,21,22,23);1H. The number of nitrogens with zero attached hydrogens (tertiary/aromatic N) is 4. The molecule has 1 aromatic heterocycles. The lowest BCUT2D eigenvalue weighted by Crippen LogP contribution is -2.46. The van der Waals surface area contributed by atoms with Crippen molar-refractivity contribution in [3.8, 4) is 0 Å². The minimum atomic E-state index is 0. The summed E-state index contributed by atoms with van der Waals surface area (Å²) in [4.78, 5) is 7.19. The van der Waals surface area contributed by atoms with E-state index in [1.807, 2.05) is 6.92 Å². The summed E-state index contributed by atoms with van der Waals surface area (Å²) in [5, 5.41) is 11.3. The number of rotatable bonds is 9. The fourth-order valence-corrected chi connectivity index (χ4v) is 3.63. The molecule has 0 saturated carbocycles. The van der Waals surface area contributed by atoms with Crippen molar-refractivity contribution in [3.05, 3.63) is 17.5 Å². The highest BCUT2D eigenvalue weighted by molar-refractivity contribution is 14.0. The van der Waals surface area contributed by atoms with Crippen molar-refractivity contribution in [1.29, 1.82) is 0 Å². The van der Waals surface area contributed by atoms with Crippen LogP contribution in [0.2, 0.25) is 0 Å². The van der Waals surface area contributed by atoms with Gasteiger partial charge in [0.25, 0.3) is 0 Å². The molecule has 1 aliphatic heterocycles. The number of halogens is 1. The molecule has 1 saturated heterocycles. The third-order valence-corrected chi connectivity index (χ3v) is 4.68. The first-order chi connectivity index (χ1) is 13.0. The first kappa shape index (κ1) is 25.2. The van der Waals surface area contributed by atoms with Crippen LogP contribution in [0.25, 0.3) is 0 Å². The molecule has 7 nitrogen and oxygen atoms in total. The number of hydrogen-bond donors (Lipinski definition) is 2. The maximum atomic E-state index is 5.80. The Bertz CT molecular complexity index is 581. The maximum absolute atomic E-state index is 5.80. The Morgan fingerprint density at radius 2 is 1.89 bits per heavy atom. The van der Waals surface area contributed by atoms with Crippen LogP contribution in [0.15, 0.2) is 11.1 Å². The largest absolute Gasteiger partial charge is 0.373 e. The molecule has 0 aromatic carbocycles. The van der Waals surface area contributed by atoms with E-state index in [0.29, 0.717) is 12.2 Å². The minimum absolute atomic E-state index is 0. The maximum Gasteiger partial charge on any atom is 0.191 e. The van der Waals surface area contributed by atoms with Crippen LogP contribution in [-0.4, -0.2) is 72.1 Å². The first-order valence-corrected chi connectivity index (χ1v) is 10.4. The van der Waals surface area contributed by atoms with Gasteiger partial charge in [-0.3, -0.25) is 14.6 Å². The number of ether oxygens (including phenoxy) is 1. The van der Waals surface area contributed by atoms with Crippen LogP contribution >= 0.6 is 24.0 Å². The quantitative estimate of drug-likeness (QED) is 0.233. The molecule has 0 amide bonds. The molecular weight excluding hydrogens is 467 g/mol. The molecule has 1 aromatic rings. The molecule has 2 unspecified atom stereocenters. The molecule has 2 atom stereocenters. The highest BCUT2D eigenvalue weighted by atomic mass is 127. The zero-order valence-electron chi connectivity index (χ0n) is 18.2. The van der Waals surface area contributed by atoms with Gasteiger partial charge in [-0.2, -0.15) is 5.10 Å². The molecule has 8 heteroatoms. The summed E-state index contributed by atoms with van der Waals surface area (Å²) >= 11 is 0. The molecule has 28 heavy (non-hydrogen) atoms. The number of nitrogens with one attached hydrogen (secondary N) is 2. The molecule has 1 aliphatic rings. The summed E-state index contributed by atoms with van der Waals surface area (Å²) in [7, 11) is 0. The number of morpholine rings is 1. The fraction of sp³-hybridized carbons (Fsp3) is 0.800. The van der Waals surface area contributed by atoms with Crippen LogP contribution in [0.4, 0.5) is 0 Å². The van der Waals surface area contributed by atoms with E-state index in [9.17, 15) is 0 Å². The van der Waals surface area contributed by atoms with Crippen molar-refractivity contribution in [3.63, 3.8) is 0 Å². The van der Waals surface area contributed by atoms with E-state index in [1.54, 1.807) is 0 Å². The molecule has 0 radical (unpaired) electrons. The lowest BCUT2D eigenvalue weighted by molar-refractivity contribution is -0.0679. The predicted molar refractivity (Wildman–Crippen MR) is 127 cm³/mol. The van der Waals surface area contributed by atoms with Crippen LogP contribution in [0.5, 0.6) is 0 Å². The zero-order valence-corrected chi connectivity index (χ0v) is 20.5. The number of aryl methyl sites for hydroxylation is 3. The first-order valence-electron chi connectivity index (χ1n) is 10.4. The van der Waals surface area contributed by atoms with Crippen LogP contribution in [0.3, 0.4) is 0 Å². The van der Waals surface area contributed by atoms with Gasteiger partial charge in [-0.15, -0.1) is 24.0 Å². The van der Waals surface area contributed by atoms with E-state index in [1.165, 1.54) is 5.69 Å². The molecule has 2 N–H and O–H groups in total. The van der Waals surface area contributed by atoms with Crippen molar-refractivity contribution < 1.29 is 4.74 Å². The van der Waals surface area contributed by atoms with Crippen LogP contribution in [-0.2, 0) is 11.3 Å². The third kappa shape index (κ3) is 9.09. The van der Waals surface area contributed by atoms with Gasteiger partial charge in [-0.1, -0.05) is 0 Å². The SMILES string of the molecule is CCNC(=NCCCn1nc(C)cc1C)NCCCN1CC(C)OC(C)C1.I. The third-order valence-electron chi connectivity index (χ3n) is 4.68. The van der Waals surface area contributed by atoms with Gasteiger partial charge in [0.2, 0.25) is 0 Å². The number of aliphatic imine (C=N–C) groups is 1. The minimum Gasteiger partial charge on any atom is -0.373 e. The second kappa shape index (κ2) is 13.4. The van der Waals surface area contributed by atoms with Crippen molar-refractivity contribution >= 4 is 29.9 Å². The Hall–Kier alpha value is -0.870. The molecule has 0 aliphatic carbocycles. The summed E-state index contributed by atoms with van der Waals surface area (Å²) in [5.41, 5.74) is 2.29. The average molecular weight is 506 g/mol. The van der Waals surface area contributed by atoms with Crippen LogP contribution < -0.4 is 10.6 Å². The summed E-state index contributed by atoms with van der Waals surface area (Å²) in [6.45, 7) is 17.2. The lowest BCUT2D eigenvalue weighted by atomic mass is 10.2. The Morgan fingerprint density at radius 3 is 2.50 bits per heavy atom. The fourth-order valence-electron chi connectivity index (χ4n) is 3.63. The van der Waals surface area contributed by atoms with Gasteiger partial charge in [0.1, 0.15) is 0 Å². The van der Waals surface area contributed by atoms with Crippen molar-refractivity contribution in [1.82, 2.24) is 25.3 Å². The van der Waals surface area contributed by atoms with Gasteiger partial charge in [-0.05, 0) is 53.5 Å². The second-order valence-electron chi connectivity index (χ2n) is 7.56. The molecule has 162 valence electrons. The van der Waals surface area contributed by atoms with E-state index < -0.39 is 0 Å². The summed E-state index contributed by atoms with van der Waals surface area (Å²) in [5.74, 6) is 0.912. The number of aromatic nitrogens is 2. The van der Waals surface area contributed by atoms with E-state index in [2.05, 4.69) is 59.1 Å². The van der Waals surface area contributed by atoms with E-state index in [4.69, 9.17) is 9.73 Å². The second-order valence-corrected chi connectivity index (χ2v) is 7.56. The highest BCUT2D eigenvalue weighted by Gasteiger charge is 2.21. The Balaban J connectivity index is 0.00000392. The predicted octanol–water partition coefficient (Wildman–Crippen LogP) is 2.56. The van der Waals surface area contributed by atoms with Crippen LogP contribution in [0, 0.1) is 13.8 Å². The summed E-state index contributed by atoms with van der Waals surface area (Å²) in [6, 6.07) is 2.12. The van der Waals surface area contributed by atoms with Gasteiger partial charge in [0, 0.05) is 51.5 Å². The smallest absolute Gasteiger partial charge is 0.191 e. The van der Waals surface area contributed by atoms with E-state index in [-0.39, 0.29) is 24.0 Å². The zero-order chi connectivity index (χ0) is 19.6. The van der Waals surface area contributed by atoms with Gasteiger partial charge in [0.15, 0.2) is 5.96 Å². The van der Waals surface area contributed by atoms with E-state index >= 15 is 0 Å². The molecule has 0 spiro atoms. The number of hydrogen-bond acceptors (Lipinski definition) is 4. The average Bonchev–Trinajstić information content (AvgIpc) is 2.92. The highest BCUT2D eigenvalue weighted by Crippen LogP contribution is 2.10. The monoisotopic (exact) mass is 506 g/mol. The number of guanidine groups is 1. The summed E-state index contributed by atoms with van der Waals surface area (Å²) in [6.07, 6.45) is 2.77. The normalized spacial score (nSPS) is 20.7. The van der Waals surface area contributed by atoms with Gasteiger partial charge in [-0.25, -0.2) is 0 Å². The molecule has 2 heterocycles. The van der Waals surface area contributed by atoms with Gasteiger partial charge in [0.05, 0.1) is 17.9 Å².